The number of fused-ring (bicyclic) bond motifs is 1. The van der Waals surface area contributed by atoms with E-state index < -0.39 is 0 Å². The Hall–Kier alpha value is -0.880. The molecule has 2 atom stereocenters. The lowest BCUT2D eigenvalue weighted by Gasteiger charge is -2.24. The van der Waals surface area contributed by atoms with E-state index in [0.29, 0.717) is 11.9 Å². The highest BCUT2D eigenvalue weighted by molar-refractivity contribution is 9.10. The van der Waals surface area contributed by atoms with Crippen LogP contribution in [0.25, 0.3) is 0 Å². The molecule has 18 heavy (non-hydrogen) atoms. The molecule has 2 fully saturated rings. The Balaban J connectivity index is 1.79. The largest absolute Gasteiger partial charge is 0.480 e. The number of methoxy groups -OCH3 is 1. The number of hydrogen-bond acceptors (Lipinski definition) is 5. The number of piperidine rings is 1. The van der Waals surface area contributed by atoms with E-state index in [9.17, 15) is 0 Å². The van der Waals surface area contributed by atoms with Crippen molar-refractivity contribution in [1.82, 2.24) is 15.3 Å². The summed E-state index contributed by atoms with van der Waals surface area (Å²) in [6.07, 6.45) is 4.35. The van der Waals surface area contributed by atoms with Crippen LogP contribution in [0.3, 0.4) is 0 Å². The third-order valence-electron chi connectivity index (χ3n) is 3.77. The van der Waals surface area contributed by atoms with Crippen molar-refractivity contribution in [3.05, 3.63) is 10.7 Å². The molecule has 0 amide bonds. The first kappa shape index (κ1) is 12.2. The van der Waals surface area contributed by atoms with Gasteiger partial charge in [0.2, 0.25) is 11.8 Å². The van der Waals surface area contributed by atoms with Gasteiger partial charge in [0.05, 0.1) is 17.8 Å². The van der Waals surface area contributed by atoms with E-state index in [1.807, 2.05) is 0 Å². The molecule has 2 saturated heterocycles. The topological polar surface area (TPSA) is 50.3 Å². The molecule has 0 bridgehead atoms. The fourth-order valence-electron chi connectivity index (χ4n) is 2.85. The maximum absolute atomic E-state index is 5.22. The molecule has 2 aliphatic rings. The number of aromatic nitrogens is 2. The minimum absolute atomic E-state index is 0.594. The first-order valence-electron chi connectivity index (χ1n) is 6.33. The summed E-state index contributed by atoms with van der Waals surface area (Å²) in [7, 11) is 1.63. The average Bonchev–Trinajstić information content (AvgIpc) is 2.83. The minimum atomic E-state index is 0.594. The van der Waals surface area contributed by atoms with Gasteiger partial charge in [-0.25, -0.2) is 4.98 Å². The second-order valence-corrected chi connectivity index (χ2v) is 5.75. The first-order chi connectivity index (χ1) is 8.78. The normalized spacial score (nSPS) is 27.1. The maximum Gasteiger partial charge on any atom is 0.232 e. The minimum Gasteiger partial charge on any atom is -0.480 e. The molecule has 0 spiro atoms. The molecule has 2 aliphatic heterocycles. The van der Waals surface area contributed by atoms with Crippen LogP contribution in [0.5, 0.6) is 5.88 Å². The predicted molar refractivity (Wildman–Crippen MR) is 73.0 cm³/mol. The number of anilines is 1. The Morgan fingerprint density at radius 1 is 1.50 bits per heavy atom. The van der Waals surface area contributed by atoms with Crippen LogP contribution >= 0.6 is 15.9 Å². The summed E-state index contributed by atoms with van der Waals surface area (Å²) in [5.41, 5.74) is 0. The molecule has 0 unspecified atom stereocenters. The fourth-order valence-corrected chi connectivity index (χ4v) is 3.20. The van der Waals surface area contributed by atoms with Crippen LogP contribution in [0.2, 0.25) is 0 Å². The van der Waals surface area contributed by atoms with Crippen molar-refractivity contribution in [1.29, 1.82) is 0 Å². The van der Waals surface area contributed by atoms with Crippen LogP contribution in [0.4, 0.5) is 5.95 Å². The Kier molecular flexibility index (Phi) is 3.39. The number of hydrogen-bond donors (Lipinski definition) is 1. The zero-order valence-electron chi connectivity index (χ0n) is 10.4. The molecule has 98 valence electrons. The molecule has 1 aromatic rings. The zero-order chi connectivity index (χ0) is 12.5. The molecule has 6 heteroatoms. The van der Waals surface area contributed by atoms with Crippen molar-refractivity contribution in [3.8, 4) is 5.88 Å². The molecule has 0 aromatic carbocycles. The van der Waals surface area contributed by atoms with Crippen molar-refractivity contribution < 1.29 is 4.74 Å². The lowest BCUT2D eigenvalue weighted by atomic mass is 9.94. The number of nitrogens with one attached hydrogen (secondary N) is 1. The third-order valence-corrected chi connectivity index (χ3v) is 4.32. The van der Waals surface area contributed by atoms with Crippen molar-refractivity contribution in [2.24, 2.45) is 5.92 Å². The highest BCUT2D eigenvalue weighted by atomic mass is 79.9. The van der Waals surface area contributed by atoms with Gasteiger partial charge in [-0.2, -0.15) is 4.98 Å². The third kappa shape index (κ3) is 2.19. The van der Waals surface area contributed by atoms with Crippen LogP contribution in [0.1, 0.15) is 12.8 Å². The molecular weight excluding hydrogens is 296 g/mol. The van der Waals surface area contributed by atoms with E-state index in [1.165, 1.54) is 12.8 Å². The molecule has 0 radical (unpaired) electrons. The van der Waals surface area contributed by atoms with Gasteiger partial charge < -0.3 is 15.0 Å². The summed E-state index contributed by atoms with van der Waals surface area (Å²) < 4.78 is 6.02. The van der Waals surface area contributed by atoms with Crippen LogP contribution in [0, 0.1) is 5.92 Å². The summed E-state index contributed by atoms with van der Waals surface area (Å²) in [6.45, 7) is 3.18. The summed E-state index contributed by atoms with van der Waals surface area (Å²) in [5, 5.41) is 3.58. The molecule has 1 N–H and O–H groups in total. The lowest BCUT2D eigenvalue weighted by molar-refractivity contribution is 0.340. The Bertz CT molecular complexity index is 428. The van der Waals surface area contributed by atoms with Gasteiger partial charge in [-0.05, 0) is 41.2 Å². The van der Waals surface area contributed by atoms with Gasteiger partial charge in [0.15, 0.2) is 0 Å². The molecule has 3 rings (SSSR count). The summed E-state index contributed by atoms with van der Waals surface area (Å²) in [6, 6.07) is 0.594. The maximum atomic E-state index is 5.22. The zero-order valence-corrected chi connectivity index (χ0v) is 12.0. The molecular formula is C12H17BrN4O. The molecule has 0 saturated carbocycles. The average molecular weight is 313 g/mol. The van der Waals surface area contributed by atoms with E-state index in [-0.39, 0.29) is 0 Å². The SMILES string of the molecule is COc1nc(N2C[C@@H]3CCCN[C@@H]3C2)ncc1Br. The molecule has 1 aromatic heterocycles. The Labute approximate surface area is 115 Å². The fraction of sp³-hybridized carbons (Fsp3) is 0.667. The smallest absolute Gasteiger partial charge is 0.232 e. The Morgan fingerprint density at radius 3 is 3.17 bits per heavy atom. The predicted octanol–water partition coefficient (Wildman–Crippen LogP) is 1.44. The number of rotatable bonds is 2. The number of ether oxygens (including phenoxy) is 1. The standard InChI is InChI=1S/C12H17BrN4O/c1-18-11-9(13)5-15-12(16-11)17-6-8-3-2-4-14-10(8)7-17/h5,8,10,14H,2-4,6-7H2,1H3/t8-,10+/m0/s1. The first-order valence-corrected chi connectivity index (χ1v) is 7.12. The van der Waals surface area contributed by atoms with Gasteiger partial charge in [0, 0.05) is 19.1 Å². The summed E-state index contributed by atoms with van der Waals surface area (Å²) in [4.78, 5) is 11.1. The second kappa shape index (κ2) is 5.01. The van der Waals surface area contributed by atoms with Gasteiger partial charge in [-0.1, -0.05) is 0 Å². The van der Waals surface area contributed by atoms with Gasteiger partial charge in [0.25, 0.3) is 0 Å². The van der Waals surface area contributed by atoms with E-state index in [2.05, 4.69) is 36.1 Å². The van der Waals surface area contributed by atoms with Crippen molar-refractivity contribution in [3.63, 3.8) is 0 Å². The van der Waals surface area contributed by atoms with Crippen LogP contribution in [-0.2, 0) is 0 Å². The van der Waals surface area contributed by atoms with Crippen molar-refractivity contribution in [2.75, 3.05) is 31.6 Å². The van der Waals surface area contributed by atoms with Crippen LogP contribution in [0.15, 0.2) is 10.7 Å². The summed E-state index contributed by atoms with van der Waals surface area (Å²) in [5.74, 6) is 2.10. The van der Waals surface area contributed by atoms with E-state index in [0.717, 1.165) is 36.0 Å². The van der Waals surface area contributed by atoms with Crippen LogP contribution in [-0.4, -0.2) is 42.8 Å². The summed E-state index contributed by atoms with van der Waals surface area (Å²) >= 11 is 3.38. The molecule has 3 heterocycles. The highest BCUT2D eigenvalue weighted by Crippen LogP contribution is 2.29. The number of halogens is 1. The Morgan fingerprint density at radius 2 is 2.39 bits per heavy atom. The van der Waals surface area contributed by atoms with Crippen molar-refractivity contribution >= 4 is 21.9 Å². The van der Waals surface area contributed by atoms with Gasteiger partial charge in [0.1, 0.15) is 0 Å². The highest BCUT2D eigenvalue weighted by Gasteiger charge is 2.35. The second-order valence-electron chi connectivity index (χ2n) is 4.90. The van der Waals surface area contributed by atoms with E-state index in [4.69, 9.17) is 4.74 Å². The van der Waals surface area contributed by atoms with Crippen molar-refractivity contribution in [2.45, 2.75) is 18.9 Å². The molecule has 5 nitrogen and oxygen atoms in total. The van der Waals surface area contributed by atoms with Gasteiger partial charge >= 0.3 is 0 Å². The quantitative estimate of drug-likeness (QED) is 0.895. The molecule has 0 aliphatic carbocycles. The van der Waals surface area contributed by atoms with Gasteiger partial charge in [-0.15, -0.1) is 0 Å². The van der Waals surface area contributed by atoms with E-state index >= 15 is 0 Å². The monoisotopic (exact) mass is 312 g/mol. The van der Waals surface area contributed by atoms with Crippen LogP contribution < -0.4 is 15.0 Å². The van der Waals surface area contributed by atoms with E-state index in [1.54, 1.807) is 13.3 Å². The lowest BCUT2D eigenvalue weighted by Crippen LogP contribution is -2.40. The van der Waals surface area contributed by atoms with Gasteiger partial charge in [-0.3, -0.25) is 0 Å². The number of nitrogens with zero attached hydrogens (tertiary/aromatic N) is 3.